The SMILES string of the molecule is C=CC(=O)Nc1nc(C)c(-n2ccc(C(F)(F)F)n2)s1. The van der Waals surface area contributed by atoms with Crippen LogP contribution >= 0.6 is 11.3 Å². The van der Waals surface area contributed by atoms with Crippen LogP contribution in [0.5, 0.6) is 0 Å². The van der Waals surface area contributed by atoms with Gasteiger partial charge in [-0.1, -0.05) is 17.9 Å². The summed E-state index contributed by atoms with van der Waals surface area (Å²) in [5.41, 5.74) is -0.520. The van der Waals surface area contributed by atoms with E-state index in [0.717, 1.165) is 28.2 Å². The Balaban J connectivity index is 2.31. The molecule has 2 aromatic heterocycles. The van der Waals surface area contributed by atoms with Crippen LogP contribution in [0, 0.1) is 6.92 Å². The quantitative estimate of drug-likeness (QED) is 0.887. The lowest BCUT2D eigenvalue weighted by Gasteiger charge is -2.01. The molecule has 0 fully saturated rings. The van der Waals surface area contributed by atoms with E-state index in [1.165, 1.54) is 6.20 Å². The maximum Gasteiger partial charge on any atom is 0.435 e. The predicted octanol–water partition coefficient (Wildman–Crippen LogP) is 2.78. The van der Waals surface area contributed by atoms with E-state index < -0.39 is 17.8 Å². The van der Waals surface area contributed by atoms with Gasteiger partial charge in [-0.15, -0.1) is 0 Å². The number of thiazole rings is 1. The van der Waals surface area contributed by atoms with Crippen LogP contribution in [0.25, 0.3) is 5.00 Å². The second-order valence-electron chi connectivity index (χ2n) is 3.75. The molecule has 1 amide bonds. The third kappa shape index (κ3) is 2.87. The van der Waals surface area contributed by atoms with Crippen molar-refractivity contribution in [3.05, 3.63) is 36.3 Å². The van der Waals surface area contributed by atoms with Gasteiger partial charge in [-0.2, -0.15) is 18.3 Å². The summed E-state index contributed by atoms with van der Waals surface area (Å²) in [6.45, 7) is 4.91. The summed E-state index contributed by atoms with van der Waals surface area (Å²) >= 11 is 1.02. The summed E-state index contributed by atoms with van der Waals surface area (Å²) in [6.07, 6.45) is -2.22. The summed E-state index contributed by atoms with van der Waals surface area (Å²) in [7, 11) is 0. The first-order chi connectivity index (χ1) is 9.31. The second kappa shape index (κ2) is 5.08. The zero-order valence-electron chi connectivity index (χ0n) is 10.2. The highest BCUT2D eigenvalue weighted by atomic mass is 32.1. The van der Waals surface area contributed by atoms with Gasteiger partial charge in [0.05, 0.1) is 5.69 Å². The highest BCUT2D eigenvalue weighted by Crippen LogP contribution is 2.30. The average Bonchev–Trinajstić information content (AvgIpc) is 2.94. The lowest BCUT2D eigenvalue weighted by atomic mass is 10.4. The maximum absolute atomic E-state index is 12.5. The first-order valence-corrected chi connectivity index (χ1v) is 6.17. The van der Waals surface area contributed by atoms with Gasteiger partial charge >= 0.3 is 6.18 Å². The molecule has 0 spiro atoms. The number of nitrogens with one attached hydrogen (secondary N) is 1. The zero-order chi connectivity index (χ0) is 14.9. The van der Waals surface area contributed by atoms with Gasteiger partial charge in [0, 0.05) is 6.20 Å². The smallest absolute Gasteiger partial charge is 0.298 e. The van der Waals surface area contributed by atoms with Crippen molar-refractivity contribution < 1.29 is 18.0 Å². The number of aryl methyl sites for hydroxylation is 1. The topological polar surface area (TPSA) is 59.8 Å². The predicted molar refractivity (Wildman–Crippen MR) is 67.8 cm³/mol. The van der Waals surface area contributed by atoms with Gasteiger partial charge in [0.15, 0.2) is 10.8 Å². The molecule has 0 saturated heterocycles. The molecule has 0 aromatic carbocycles. The molecule has 0 unspecified atom stereocenters. The standard InChI is InChI=1S/C11H9F3N4OS/c1-3-8(19)16-10-15-6(2)9(20-10)18-5-4-7(17-18)11(12,13)14/h3-5H,1H2,2H3,(H,15,16,19). The minimum Gasteiger partial charge on any atom is -0.298 e. The third-order valence-corrected chi connectivity index (χ3v) is 3.34. The van der Waals surface area contributed by atoms with Gasteiger partial charge in [-0.3, -0.25) is 10.1 Å². The third-order valence-electron chi connectivity index (χ3n) is 2.28. The molecule has 2 aromatic rings. The van der Waals surface area contributed by atoms with Crippen LogP contribution in [-0.2, 0) is 11.0 Å². The van der Waals surface area contributed by atoms with Gasteiger partial charge < -0.3 is 0 Å². The fraction of sp³-hybridized carbons (Fsp3) is 0.182. The Morgan fingerprint density at radius 1 is 1.55 bits per heavy atom. The van der Waals surface area contributed by atoms with Crippen molar-refractivity contribution in [1.29, 1.82) is 0 Å². The number of hydrogen-bond donors (Lipinski definition) is 1. The minimum absolute atomic E-state index is 0.270. The van der Waals surface area contributed by atoms with E-state index in [-0.39, 0.29) is 5.13 Å². The van der Waals surface area contributed by atoms with E-state index in [9.17, 15) is 18.0 Å². The molecule has 0 bridgehead atoms. The number of nitrogens with zero attached hydrogens (tertiary/aromatic N) is 3. The number of aromatic nitrogens is 3. The lowest BCUT2D eigenvalue weighted by molar-refractivity contribution is -0.141. The van der Waals surface area contributed by atoms with E-state index in [1.807, 2.05) is 0 Å². The summed E-state index contributed by atoms with van der Waals surface area (Å²) in [6, 6.07) is 0.876. The molecular formula is C11H9F3N4OS. The summed E-state index contributed by atoms with van der Waals surface area (Å²) < 4.78 is 38.5. The Bertz CT molecular complexity index is 659. The summed E-state index contributed by atoms with van der Waals surface area (Å²) in [5, 5.41) is 6.57. The number of anilines is 1. The van der Waals surface area contributed by atoms with Gasteiger partial charge in [-0.05, 0) is 19.1 Å². The van der Waals surface area contributed by atoms with Gasteiger partial charge in [-0.25, -0.2) is 9.67 Å². The largest absolute Gasteiger partial charge is 0.435 e. The molecule has 5 nitrogen and oxygen atoms in total. The molecule has 0 saturated carbocycles. The second-order valence-corrected chi connectivity index (χ2v) is 4.72. The fourth-order valence-corrected chi connectivity index (χ4v) is 2.30. The average molecular weight is 302 g/mol. The number of rotatable bonds is 3. The molecule has 2 heterocycles. The number of amides is 1. The highest BCUT2D eigenvalue weighted by Gasteiger charge is 2.33. The van der Waals surface area contributed by atoms with Gasteiger partial charge in [0.25, 0.3) is 0 Å². The van der Waals surface area contributed by atoms with Crippen LogP contribution in [0.2, 0.25) is 0 Å². The van der Waals surface area contributed by atoms with E-state index in [1.54, 1.807) is 6.92 Å². The molecule has 106 valence electrons. The van der Waals surface area contributed by atoms with Crippen LogP contribution in [0.1, 0.15) is 11.4 Å². The number of carbonyl (C=O) groups excluding carboxylic acids is 1. The van der Waals surface area contributed by atoms with Gasteiger partial charge in [0.1, 0.15) is 5.00 Å². The van der Waals surface area contributed by atoms with Crippen LogP contribution in [-0.4, -0.2) is 20.7 Å². The fourth-order valence-electron chi connectivity index (χ4n) is 1.40. The Kier molecular flexibility index (Phi) is 3.62. The van der Waals surface area contributed by atoms with E-state index in [4.69, 9.17) is 0 Å². The molecule has 0 aliphatic heterocycles. The first kappa shape index (κ1) is 14.3. The van der Waals surface area contributed by atoms with Crippen molar-refractivity contribution in [3.63, 3.8) is 0 Å². The number of carbonyl (C=O) groups is 1. The minimum atomic E-state index is -4.50. The van der Waals surface area contributed by atoms with Crippen LogP contribution in [0.4, 0.5) is 18.3 Å². The van der Waals surface area contributed by atoms with Crippen molar-refractivity contribution >= 4 is 22.4 Å². The monoisotopic (exact) mass is 302 g/mol. The number of hydrogen-bond acceptors (Lipinski definition) is 4. The van der Waals surface area contributed by atoms with Crippen molar-refractivity contribution in [3.8, 4) is 5.00 Å². The van der Waals surface area contributed by atoms with Crippen LogP contribution in [0.15, 0.2) is 24.9 Å². The Morgan fingerprint density at radius 2 is 2.25 bits per heavy atom. The Hall–Kier alpha value is -2.16. The molecule has 20 heavy (non-hydrogen) atoms. The molecule has 0 radical (unpaired) electrons. The molecule has 0 aliphatic carbocycles. The molecule has 9 heteroatoms. The Labute approximate surface area is 115 Å². The van der Waals surface area contributed by atoms with Crippen LogP contribution < -0.4 is 5.32 Å². The van der Waals surface area contributed by atoms with Crippen molar-refractivity contribution in [2.24, 2.45) is 0 Å². The maximum atomic E-state index is 12.5. The zero-order valence-corrected chi connectivity index (χ0v) is 11.0. The van der Waals surface area contributed by atoms with Crippen molar-refractivity contribution in [1.82, 2.24) is 14.8 Å². The number of alkyl halides is 3. The van der Waals surface area contributed by atoms with E-state index >= 15 is 0 Å². The highest BCUT2D eigenvalue weighted by molar-refractivity contribution is 7.18. The molecular weight excluding hydrogens is 293 g/mol. The molecule has 0 atom stereocenters. The number of halogens is 3. The molecule has 1 N–H and O–H groups in total. The summed E-state index contributed by atoms with van der Waals surface area (Å²) in [5.74, 6) is -0.443. The normalized spacial score (nSPS) is 11.4. The van der Waals surface area contributed by atoms with Crippen molar-refractivity contribution in [2.75, 3.05) is 5.32 Å². The Morgan fingerprint density at radius 3 is 2.80 bits per heavy atom. The van der Waals surface area contributed by atoms with E-state index in [2.05, 4.69) is 22.0 Å². The lowest BCUT2D eigenvalue weighted by Crippen LogP contribution is -2.07. The van der Waals surface area contributed by atoms with Gasteiger partial charge in [0.2, 0.25) is 5.91 Å². The molecule has 2 rings (SSSR count). The van der Waals surface area contributed by atoms with Crippen molar-refractivity contribution in [2.45, 2.75) is 13.1 Å². The summed E-state index contributed by atoms with van der Waals surface area (Å²) in [4.78, 5) is 15.2. The van der Waals surface area contributed by atoms with E-state index in [0.29, 0.717) is 10.7 Å². The van der Waals surface area contributed by atoms with Crippen LogP contribution in [0.3, 0.4) is 0 Å². The molecule has 0 aliphatic rings. The first-order valence-electron chi connectivity index (χ1n) is 5.35.